The van der Waals surface area contributed by atoms with E-state index in [0.717, 1.165) is 17.8 Å². The summed E-state index contributed by atoms with van der Waals surface area (Å²) in [6.07, 6.45) is 15.7. The maximum Gasteiger partial charge on any atom is 0.0200 e. The number of rotatable bonds is 3. The van der Waals surface area contributed by atoms with Crippen LogP contribution in [0.25, 0.3) is 0 Å². The van der Waals surface area contributed by atoms with Gasteiger partial charge in [-0.2, -0.15) is 0 Å². The van der Waals surface area contributed by atoms with Gasteiger partial charge in [0, 0.05) is 25.2 Å². The molecule has 2 unspecified atom stereocenters. The first-order chi connectivity index (χ1) is 7.84. The molecule has 0 aliphatic heterocycles. The molecule has 0 heterocycles. The van der Waals surface area contributed by atoms with Crippen LogP contribution in [0.4, 0.5) is 0 Å². The normalized spacial score (nSPS) is 33.2. The SMILES string of the molecule is CN(CC1CC1)C1=CC=CC2CCCCC12. The van der Waals surface area contributed by atoms with E-state index >= 15 is 0 Å². The van der Waals surface area contributed by atoms with Crippen LogP contribution < -0.4 is 0 Å². The highest BCUT2D eigenvalue weighted by molar-refractivity contribution is 5.23. The van der Waals surface area contributed by atoms with Gasteiger partial charge in [0.1, 0.15) is 0 Å². The maximum absolute atomic E-state index is 2.55. The summed E-state index contributed by atoms with van der Waals surface area (Å²) in [5, 5.41) is 0. The minimum absolute atomic E-state index is 0.836. The predicted octanol–water partition coefficient (Wildman–Crippen LogP) is 3.59. The average molecular weight is 217 g/mol. The highest BCUT2D eigenvalue weighted by Crippen LogP contribution is 2.40. The molecule has 0 aromatic carbocycles. The van der Waals surface area contributed by atoms with Crippen LogP contribution in [0.15, 0.2) is 23.9 Å². The number of allylic oxidation sites excluding steroid dienone is 4. The Balaban J connectivity index is 1.71. The van der Waals surface area contributed by atoms with E-state index in [4.69, 9.17) is 0 Å². The molecule has 1 nitrogen and oxygen atoms in total. The van der Waals surface area contributed by atoms with Gasteiger partial charge < -0.3 is 4.90 Å². The number of nitrogens with zero attached hydrogens (tertiary/aromatic N) is 1. The van der Waals surface area contributed by atoms with Crippen molar-refractivity contribution in [3.63, 3.8) is 0 Å². The molecular weight excluding hydrogens is 194 g/mol. The highest BCUT2D eigenvalue weighted by atomic mass is 15.1. The Labute approximate surface area is 99.2 Å². The van der Waals surface area contributed by atoms with Crippen molar-refractivity contribution in [2.75, 3.05) is 13.6 Å². The van der Waals surface area contributed by atoms with Crippen LogP contribution in [-0.4, -0.2) is 18.5 Å². The molecule has 0 N–H and O–H groups in total. The molecule has 88 valence electrons. The molecule has 1 heteroatoms. The number of fused-ring (bicyclic) bond motifs is 1. The largest absolute Gasteiger partial charge is 0.377 e. The van der Waals surface area contributed by atoms with Crippen molar-refractivity contribution in [1.29, 1.82) is 0 Å². The lowest BCUT2D eigenvalue weighted by atomic mass is 9.75. The van der Waals surface area contributed by atoms with Crippen molar-refractivity contribution in [2.45, 2.75) is 38.5 Å². The molecular formula is C15H23N. The average Bonchev–Trinajstić information content (AvgIpc) is 3.12. The minimum atomic E-state index is 0.836. The zero-order chi connectivity index (χ0) is 11.0. The molecule has 0 radical (unpaired) electrons. The Hall–Kier alpha value is -0.720. The molecule has 3 rings (SSSR count). The van der Waals surface area contributed by atoms with E-state index in [1.807, 2.05) is 0 Å². The van der Waals surface area contributed by atoms with Crippen molar-refractivity contribution in [1.82, 2.24) is 4.90 Å². The Morgan fingerprint density at radius 1 is 1.19 bits per heavy atom. The fourth-order valence-corrected chi connectivity index (χ4v) is 3.38. The highest BCUT2D eigenvalue weighted by Gasteiger charge is 2.31. The Morgan fingerprint density at radius 2 is 2.00 bits per heavy atom. The third kappa shape index (κ3) is 2.05. The van der Waals surface area contributed by atoms with Gasteiger partial charge in [-0.15, -0.1) is 0 Å². The van der Waals surface area contributed by atoms with Gasteiger partial charge in [0.2, 0.25) is 0 Å². The molecule has 2 saturated carbocycles. The number of hydrogen-bond donors (Lipinski definition) is 0. The van der Waals surface area contributed by atoms with E-state index in [0.29, 0.717) is 0 Å². The summed E-state index contributed by atoms with van der Waals surface area (Å²) in [4.78, 5) is 2.55. The minimum Gasteiger partial charge on any atom is -0.377 e. The van der Waals surface area contributed by atoms with Crippen molar-refractivity contribution in [3.05, 3.63) is 23.9 Å². The van der Waals surface area contributed by atoms with E-state index in [1.54, 1.807) is 5.70 Å². The molecule has 2 fully saturated rings. The van der Waals surface area contributed by atoms with E-state index in [1.165, 1.54) is 45.1 Å². The topological polar surface area (TPSA) is 3.24 Å². The monoisotopic (exact) mass is 217 g/mol. The fraction of sp³-hybridized carbons (Fsp3) is 0.733. The molecule has 0 amide bonds. The zero-order valence-electron chi connectivity index (χ0n) is 10.4. The zero-order valence-corrected chi connectivity index (χ0v) is 10.4. The predicted molar refractivity (Wildman–Crippen MR) is 68.0 cm³/mol. The fourth-order valence-electron chi connectivity index (χ4n) is 3.38. The first-order valence-electron chi connectivity index (χ1n) is 6.94. The second-order valence-corrected chi connectivity index (χ2v) is 5.86. The molecule has 2 atom stereocenters. The van der Waals surface area contributed by atoms with Crippen molar-refractivity contribution < 1.29 is 0 Å². The van der Waals surface area contributed by atoms with E-state index in [9.17, 15) is 0 Å². The van der Waals surface area contributed by atoms with Crippen LogP contribution in [0.2, 0.25) is 0 Å². The van der Waals surface area contributed by atoms with Crippen LogP contribution in [0.3, 0.4) is 0 Å². The molecule has 3 aliphatic carbocycles. The van der Waals surface area contributed by atoms with Crippen LogP contribution in [0, 0.1) is 17.8 Å². The van der Waals surface area contributed by atoms with Crippen molar-refractivity contribution in [3.8, 4) is 0 Å². The van der Waals surface area contributed by atoms with Gasteiger partial charge in [-0.25, -0.2) is 0 Å². The molecule has 0 bridgehead atoms. The maximum atomic E-state index is 2.55. The molecule has 0 aromatic rings. The van der Waals surface area contributed by atoms with Gasteiger partial charge in [-0.05, 0) is 43.6 Å². The Morgan fingerprint density at radius 3 is 2.81 bits per heavy atom. The smallest absolute Gasteiger partial charge is 0.0200 e. The van der Waals surface area contributed by atoms with Crippen LogP contribution in [-0.2, 0) is 0 Å². The van der Waals surface area contributed by atoms with Gasteiger partial charge in [0.15, 0.2) is 0 Å². The first kappa shape index (κ1) is 10.4. The lowest BCUT2D eigenvalue weighted by Gasteiger charge is -2.38. The van der Waals surface area contributed by atoms with Gasteiger partial charge in [-0.1, -0.05) is 25.0 Å². The van der Waals surface area contributed by atoms with E-state index < -0.39 is 0 Å². The lowest BCUT2D eigenvalue weighted by molar-refractivity contribution is 0.249. The van der Waals surface area contributed by atoms with Crippen molar-refractivity contribution >= 4 is 0 Å². The third-order valence-corrected chi connectivity index (χ3v) is 4.49. The van der Waals surface area contributed by atoms with Crippen LogP contribution >= 0.6 is 0 Å². The van der Waals surface area contributed by atoms with Crippen LogP contribution in [0.1, 0.15) is 38.5 Å². The number of hydrogen-bond acceptors (Lipinski definition) is 1. The van der Waals surface area contributed by atoms with E-state index in [-0.39, 0.29) is 0 Å². The molecule has 0 aromatic heterocycles. The standard InChI is InChI=1S/C15H23N/c1-16(11-12-9-10-12)15-8-4-6-13-5-2-3-7-14(13)15/h4,6,8,12-14H,2-3,5,7,9-11H2,1H3. The van der Waals surface area contributed by atoms with Crippen LogP contribution in [0.5, 0.6) is 0 Å². The van der Waals surface area contributed by atoms with Gasteiger partial charge in [0.05, 0.1) is 0 Å². The quantitative estimate of drug-likeness (QED) is 0.698. The summed E-state index contributed by atoms with van der Waals surface area (Å²) < 4.78 is 0. The molecule has 0 saturated heterocycles. The first-order valence-corrected chi connectivity index (χ1v) is 6.94. The third-order valence-electron chi connectivity index (χ3n) is 4.49. The summed E-state index contributed by atoms with van der Waals surface area (Å²) in [6, 6.07) is 0. The second kappa shape index (κ2) is 4.27. The van der Waals surface area contributed by atoms with E-state index in [2.05, 4.69) is 30.2 Å². The van der Waals surface area contributed by atoms with Gasteiger partial charge in [-0.3, -0.25) is 0 Å². The van der Waals surface area contributed by atoms with Crippen molar-refractivity contribution in [2.24, 2.45) is 17.8 Å². The molecule has 0 spiro atoms. The lowest BCUT2D eigenvalue weighted by Crippen LogP contribution is -2.32. The van der Waals surface area contributed by atoms with Gasteiger partial charge in [0.25, 0.3) is 0 Å². The summed E-state index contributed by atoms with van der Waals surface area (Å²) >= 11 is 0. The summed E-state index contributed by atoms with van der Waals surface area (Å²) in [5.74, 6) is 2.68. The molecule has 16 heavy (non-hydrogen) atoms. The Bertz CT molecular complexity index is 311. The summed E-state index contributed by atoms with van der Waals surface area (Å²) in [6.45, 7) is 1.29. The summed E-state index contributed by atoms with van der Waals surface area (Å²) in [5.41, 5.74) is 1.62. The Kier molecular flexibility index (Phi) is 2.79. The summed E-state index contributed by atoms with van der Waals surface area (Å²) in [7, 11) is 2.30. The van der Waals surface area contributed by atoms with Gasteiger partial charge >= 0.3 is 0 Å². The second-order valence-electron chi connectivity index (χ2n) is 5.86. The molecule has 3 aliphatic rings.